The Kier molecular flexibility index (Phi) is 4.96. The second-order valence-corrected chi connectivity index (χ2v) is 7.77. The third-order valence-corrected chi connectivity index (χ3v) is 5.97. The standard InChI is InChI=1S/C16H21N5OS2/c1-4-5-7-24-16-19-15-18-10(3)11(14(17)22)12(21(15)20-16)13-9(2)6-8-23-13/h6,8,12H,4-5,7H2,1-3H3,(H2,17,22)(H,18,19,20). The first-order valence-electron chi connectivity index (χ1n) is 7.93. The lowest BCUT2D eigenvalue weighted by molar-refractivity contribution is -0.115. The molecule has 3 N–H and O–H groups in total. The fourth-order valence-electron chi connectivity index (χ4n) is 2.73. The lowest BCUT2D eigenvalue weighted by Crippen LogP contribution is -2.31. The van der Waals surface area contributed by atoms with Crippen molar-refractivity contribution in [2.24, 2.45) is 5.73 Å². The highest BCUT2D eigenvalue weighted by Crippen LogP contribution is 2.39. The molecule has 3 rings (SSSR count). The van der Waals surface area contributed by atoms with Crippen molar-refractivity contribution in [1.82, 2.24) is 14.8 Å². The van der Waals surface area contributed by atoms with Crippen molar-refractivity contribution in [3.63, 3.8) is 0 Å². The Balaban J connectivity index is 2.04. The molecule has 0 aromatic carbocycles. The maximum absolute atomic E-state index is 12.1. The number of nitrogens with one attached hydrogen (secondary N) is 1. The van der Waals surface area contributed by atoms with Crippen molar-refractivity contribution in [1.29, 1.82) is 0 Å². The van der Waals surface area contributed by atoms with Crippen LogP contribution in [-0.2, 0) is 4.79 Å². The SMILES string of the molecule is CCCCSc1nc2n(n1)C(c1sccc1C)C(C(N)=O)=C(C)N2. The number of carbonyl (C=O) groups excluding carboxylic acids is 1. The number of amides is 1. The molecule has 8 heteroatoms. The van der Waals surface area contributed by atoms with Crippen molar-refractivity contribution in [2.45, 2.75) is 44.8 Å². The summed E-state index contributed by atoms with van der Waals surface area (Å²) in [6, 6.07) is 1.73. The van der Waals surface area contributed by atoms with Crippen LogP contribution in [0.25, 0.3) is 0 Å². The molecule has 2 aromatic heterocycles. The van der Waals surface area contributed by atoms with Crippen LogP contribution in [0.1, 0.15) is 43.2 Å². The average molecular weight is 364 g/mol. The van der Waals surface area contributed by atoms with Gasteiger partial charge < -0.3 is 11.1 Å². The smallest absolute Gasteiger partial charge is 0.248 e. The summed E-state index contributed by atoms with van der Waals surface area (Å²) in [6.45, 7) is 6.06. The molecule has 24 heavy (non-hydrogen) atoms. The van der Waals surface area contributed by atoms with E-state index in [9.17, 15) is 4.79 Å². The molecule has 2 aromatic rings. The maximum Gasteiger partial charge on any atom is 0.248 e. The van der Waals surface area contributed by atoms with Gasteiger partial charge in [0.05, 0.1) is 5.57 Å². The zero-order valence-corrected chi connectivity index (χ0v) is 15.6. The van der Waals surface area contributed by atoms with Gasteiger partial charge in [-0.25, -0.2) is 4.68 Å². The second-order valence-electron chi connectivity index (χ2n) is 5.76. The van der Waals surface area contributed by atoms with Gasteiger partial charge in [-0.15, -0.1) is 16.4 Å². The average Bonchev–Trinajstić information content (AvgIpc) is 3.11. The molecule has 0 fully saturated rings. The van der Waals surface area contributed by atoms with Crippen molar-refractivity contribution in [3.8, 4) is 0 Å². The maximum atomic E-state index is 12.1. The van der Waals surface area contributed by atoms with Gasteiger partial charge in [0.25, 0.3) is 0 Å². The topological polar surface area (TPSA) is 85.8 Å². The molecular formula is C16H21N5OS2. The number of aryl methyl sites for hydroxylation is 1. The second kappa shape index (κ2) is 6.98. The number of nitrogens with zero attached hydrogens (tertiary/aromatic N) is 3. The number of thiophene rings is 1. The molecule has 0 saturated carbocycles. The van der Waals surface area contributed by atoms with E-state index < -0.39 is 5.91 Å². The first-order chi connectivity index (χ1) is 11.5. The third-order valence-electron chi connectivity index (χ3n) is 3.98. The minimum atomic E-state index is -0.431. The predicted molar refractivity (Wildman–Crippen MR) is 98.4 cm³/mol. The molecule has 0 aliphatic carbocycles. The van der Waals surface area contributed by atoms with Crippen molar-refractivity contribution < 1.29 is 4.79 Å². The third kappa shape index (κ3) is 3.08. The van der Waals surface area contributed by atoms with Crippen LogP contribution >= 0.6 is 23.1 Å². The number of thioether (sulfide) groups is 1. The molecule has 6 nitrogen and oxygen atoms in total. The Hall–Kier alpha value is -1.80. The van der Waals surface area contributed by atoms with E-state index in [-0.39, 0.29) is 6.04 Å². The number of rotatable bonds is 6. The summed E-state index contributed by atoms with van der Waals surface area (Å²) in [5.74, 6) is 1.21. The van der Waals surface area contributed by atoms with Crippen LogP contribution < -0.4 is 11.1 Å². The van der Waals surface area contributed by atoms with Crippen molar-refractivity contribution in [3.05, 3.63) is 33.2 Å². The van der Waals surface area contributed by atoms with Crippen LogP contribution in [0.2, 0.25) is 0 Å². The zero-order valence-electron chi connectivity index (χ0n) is 14.0. The van der Waals surface area contributed by atoms with Gasteiger partial charge >= 0.3 is 0 Å². The molecule has 0 saturated heterocycles. The summed E-state index contributed by atoms with van der Waals surface area (Å²) in [5.41, 5.74) is 8.08. The number of carbonyl (C=O) groups is 1. The van der Waals surface area contributed by atoms with Gasteiger partial charge in [-0.3, -0.25) is 4.79 Å². The zero-order chi connectivity index (χ0) is 17.3. The summed E-state index contributed by atoms with van der Waals surface area (Å²) in [4.78, 5) is 17.7. The largest absolute Gasteiger partial charge is 0.366 e. The lowest BCUT2D eigenvalue weighted by Gasteiger charge is -2.27. The van der Waals surface area contributed by atoms with Gasteiger partial charge in [-0.1, -0.05) is 25.1 Å². The van der Waals surface area contributed by atoms with Crippen LogP contribution in [0, 0.1) is 6.92 Å². The summed E-state index contributed by atoms with van der Waals surface area (Å²) in [6.07, 6.45) is 2.27. The molecular weight excluding hydrogens is 342 g/mol. The first kappa shape index (κ1) is 17.0. The monoisotopic (exact) mass is 363 g/mol. The molecule has 3 heterocycles. The van der Waals surface area contributed by atoms with E-state index in [0.29, 0.717) is 11.5 Å². The number of primary amides is 1. The number of anilines is 1. The Labute approximate surface area is 149 Å². The number of aromatic nitrogens is 3. The van der Waals surface area contributed by atoms with E-state index in [0.717, 1.165) is 39.9 Å². The van der Waals surface area contributed by atoms with Gasteiger partial charge in [0.2, 0.25) is 17.0 Å². The van der Waals surface area contributed by atoms with Crippen LogP contribution in [0.3, 0.4) is 0 Å². The Morgan fingerprint density at radius 3 is 2.92 bits per heavy atom. The highest BCUT2D eigenvalue weighted by atomic mass is 32.2. The Morgan fingerprint density at radius 2 is 2.29 bits per heavy atom. The van der Waals surface area contributed by atoms with E-state index in [1.807, 2.05) is 25.3 Å². The molecule has 1 aliphatic rings. The molecule has 1 amide bonds. The molecule has 1 atom stereocenters. The van der Waals surface area contributed by atoms with Crippen LogP contribution in [0.15, 0.2) is 27.9 Å². The van der Waals surface area contributed by atoms with Crippen molar-refractivity contribution >= 4 is 35.0 Å². The van der Waals surface area contributed by atoms with Crippen LogP contribution in [-0.4, -0.2) is 26.4 Å². The van der Waals surface area contributed by atoms with E-state index in [2.05, 4.69) is 22.3 Å². The van der Waals surface area contributed by atoms with Gasteiger partial charge in [0, 0.05) is 16.3 Å². The highest BCUT2D eigenvalue weighted by Gasteiger charge is 2.34. The van der Waals surface area contributed by atoms with Gasteiger partial charge in [-0.2, -0.15) is 4.98 Å². The lowest BCUT2D eigenvalue weighted by atomic mass is 9.99. The first-order valence-corrected chi connectivity index (χ1v) is 9.80. The van der Waals surface area contributed by atoms with E-state index >= 15 is 0 Å². The highest BCUT2D eigenvalue weighted by molar-refractivity contribution is 7.99. The fraction of sp³-hybridized carbons (Fsp3) is 0.438. The summed E-state index contributed by atoms with van der Waals surface area (Å²) < 4.78 is 1.79. The van der Waals surface area contributed by atoms with E-state index in [1.54, 1.807) is 27.8 Å². The normalized spacial score (nSPS) is 16.9. The fourth-order valence-corrected chi connectivity index (χ4v) is 4.66. The molecule has 128 valence electrons. The van der Waals surface area contributed by atoms with E-state index in [4.69, 9.17) is 5.73 Å². The van der Waals surface area contributed by atoms with Gasteiger partial charge in [0.1, 0.15) is 6.04 Å². The summed E-state index contributed by atoms with van der Waals surface area (Å²) in [5, 5.41) is 10.6. The molecule has 0 spiro atoms. The summed E-state index contributed by atoms with van der Waals surface area (Å²) in [7, 11) is 0. The predicted octanol–water partition coefficient (Wildman–Crippen LogP) is 3.31. The molecule has 0 bridgehead atoms. The van der Waals surface area contributed by atoms with Gasteiger partial charge in [0.15, 0.2) is 0 Å². The Bertz CT molecular complexity index is 792. The number of nitrogens with two attached hydrogens (primary N) is 1. The van der Waals surface area contributed by atoms with E-state index in [1.165, 1.54) is 0 Å². The van der Waals surface area contributed by atoms with Crippen LogP contribution in [0.4, 0.5) is 5.95 Å². The number of hydrogen-bond acceptors (Lipinski definition) is 6. The number of allylic oxidation sites excluding steroid dienone is 1. The van der Waals surface area contributed by atoms with Crippen molar-refractivity contribution in [2.75, 3.05) is 11.1 Å². The molecule has 0 radical (unpaired) electrons. The molecule has 1 aliphatic heterocycles. The molecule has 1 unspecified atom stereocenters. The van der Waals surface area contributed by atoms with Crippen LogP contribution in [0.5, 0.6) is 0 Å². The van der Waals surface area contributed by atoms with Gasteiger partial charge in [-0.05, 0) is 37.3 Å². The number of unbranched alkanes of at least 4 members (excludes halogenated alkanes) is 1. The summed E-state index contributed by atoms with van der Waals surface area (Å²) >= 11 is 3.25. The quantitative estimate of drug-likeness (QED) is 0.607. The number of fused-ring (bicyclic) bond motifs is 1. The Morgan fingerprint density at radius 1 is 1.50 bits per heavy atom. The minimum Gasteiger partial charge on any atom is -0.366 e. The number of hydrogen-bond donors (Lipinski definition) is 2. The minimum absolute atomic E-state index is 0.313.